The van der Waals surface area contributed by atoms with E-state index < -0.39 is 0 Å². The molecule has 0 saturated carbocycles. The summed E-state index contributed by atoms with van der Waals surface area (Å²) in [5.74, 6) is -0.0908. The van der Waals surface area contributed by atoms with Gasteiger partial charge in [0.2, 0.25) is 11.8 Å². The van der Waals surface area contributed by atoms with Crippen LogP contribution in [-0.2, 0) is 16.0 Å². The van der Waals surface area contributed by atoms with Crippen molar-refractivity contribution in [3.05, 3.63) is 35.9 Å². The van der Waals surface area contributed by atoms with Gasteiger partial charge in [-0.25, -0.2) is 0 Å². The predicted molar refractivity (Wildman–Crippen MR) is 83.9 cm³/mol. The summed E-state index contributed by atoms with van der Waals surface area (Å²) in [7, 11) is 0. The van der Waals surface area contributed by atoms with Crippen LogP contribution in [0.15, 0.2) is 30.3 Å². The molecule has 116 valence electrons. The number of amides is 2. The molecule has 1 rings (SSSR count). The van der Waals surface area contributed by atoms with Crippen LogP contribution in [0.3, 0.4) is 0 Å². The Morgan fingerprint density at radius 2 is 1.62 bits per heavy atom. The number of hydrogen-bond acceptors (Lipinski definition) is 3. The average Bonchev–Trinajstić information content (AvgIpc) is 2.48. The van der Waals surface area contributed by atoms with Gasteiger partial charge in [0.1, 0.15) is 0 Å². The first-order chi connectivity index (χ1) is 10.2. The molecule has 0 aromatic heterocycles. The van der Waals surface area contributed by atoms with Gasteiger partial charge in [-0.05, 0) is 18.5 Å². The molecule has 0 aliphatic rings. The van der Waals surface area contributed by atoms with Gasteiger partial charge in [-0.1, -0.05) is 37.3 Å². The minimum absolute atomic E-state index is 0.0340. The van der Waals surface area contributed by atoms with Crippen molar-refractivity contribution < 1.29 is 9.59 Å². The van der Waals surface area contributed by atoms with E-state index in [1.54, 1.807) is 0 Å². The number of rotatable bonds is 10. The van der Waals surface area contributed by atoms with Crippen LogP contribution in [-0.4, -0.2) is 38.0 Å². The van der Waals surface area contributed by atoms with Crippen LogP contribution in [0.5, 0.6) is 0 Å². The zero-order chi connectivity index (χ0) is 15.3. The summed E-state index contributed by atoms with van der Waals surface area (Å²) < 4.78 is 0. The Bertz CT molecular complexity index is 421. The van der Waals surface area contributed by atoms with Gasteiger partial charge < -0.3 is 16.0 Å². The Morgan fingerprint density at radius 3 is 2.33 bits per heavy atom. The molecule has 1 aromatic carbocycles. The van der Waals surface area contributed by atoms with E-state index in [1.165, 1.54) is 0 Å². The second-order valence-corrected chi connectivity index (χ2v) is 4.86. The number of nitrogens with one attached hydrogen (secondary N) is 3. The van der Waals surface area contributed by atoms with Crippen molar-refractivity contribution in [2.24, 2.45) is 0 Å². The van der Waals surface area contributed by atoms with Crippen molar-refractivity contribution in [1.29, 1.82) is 0 Å². The molecule has 21 heavy (non-hydrogen) atoms. The smallest absolute Gasteiger partial charge is 0.224 e. The Labute approximate surface area is 126 Å². The molecule has 0 spiro atoms. The highest BCUT2D eigenvalue weighted by atomic mass is 16.2. The number of carbonyl (C=O) groups is 2. The van der Waals surface area contributed by atoms with E-state index in [2.05, 4.69) is 22.9 Å². The summed E-state index contributed by atoms with van der Waals surface area (Å²) in [6.45, 7) is 4.84. The largest absolute Gasteiger partial charge is 0.355 e. The molecule has 0 fully saturated rings. The SMILES string of the molecule is CCCNCCNC(=O)CCNC(=O)Cc1ccccc1. The molecule has 3 N–H and O–H groups in total. The van der Waals surface area contributed by atoms with Gasteiger partial charge in [0, 0.05) is 26.1 Å². The van der Waals surface area contributed by atoms with Gasteiger partial charge in [0.05, 0.1) is 6.42 Å². The standard InChI is InChI=1S/C16H25N3O2/c1-2-9-17-11-12-19-15(20)8-10-18-16(21)13-14-6-4-3-5-7-14/h3-7,17H,2,8-13H2,1H3,(H,18,21)(H,19,20). The quantitative estimate of drug-likeness (QED) is 0.560. The maximum absolute atomic E-state index is 11.7. The van der Waals surface area contributed by atoms with Crippen molar-refractivity contribution in [2.75, 3.05) is 26.2 Å². The number of carbonyl (C=O) groups excluding carboxylic acids is 2. The van der Waals surface area contributed by atoms with Gasteiger partial charge in [-0.3, -0.25) is 9.59 Å². The summed E-state index contributed by atoms with van der Waals surface area (Å²) >= 11 is 0. The number of hydrogen-bond donors (Lipinski definition) is 3. The van der Waals surface area contributed by atoms with E-state index in [1.807, 2.05) is 30.3 Å². The minimum Gasteiger partial charge on any atom is -0.355 e. The van der Waals surface area contributed by atoms with Crippen LogP contribution in [0.25, 0.3) is 0 Å². The molecule has 0 bridgehead atoms. The molecular formula is C16H25N3O2. The van der Waals surface area contributed by atoms with E-state index in [-0.39, 0.29) is 11.8 Å². The molecule has 1 aromatic rings. The summed E-state index contributed by atoms with van der Waals surface area (Å²) in [6, 6.07) is 9.55. The molecule has 0 saturated heterocycles. The van der Waals surface area contributed by atoms with Crippen molar-refractivity contribution in [3.63, 3.8) is 0 Å². The molecule has 0 atom stereocenters. The lowest BCUT2D eigenvalue weighted by molar-refractivity contribution is -0.122. The fourth-order valence-electron chi connectivity index (χ4n) is 1.84. The Hall–Kier alpha value is -1.88. The van der Waals surface area contributed by atoms with Crippen LogP contribution in [0, 0.1) is 0 Å². The van der Waals surface area contributed by atoms with Gasteiger partial charge in [-0.2, -0.15) is 0 Å². The highest BCUT2D eigenvalue weighted by molar-refractivity contribution is 5.80. The molecule has 0 aliphatic heterocycles. The zero-order valence-corrected chi connectivity index (χ0v) is 12.7. The van der Waals surface area contributed by atoms with Crippen molar-refractivity contribution in [1.82, 2.24) is 16.0 Å². The minimum atomic E-state index is -0.0568. The molecule has 5 heteroatoms. The molecule has 5 nitrogen and oxygen atoms in total. The zero-order valence-electron chi connectivity index (χ0n) is 12.7. The molecule has 0 aliphatic carbocycles. The van der Waals surface area contributed by atoms with E-state index in [0.717, 1.165) is 25.1 Å². The first-order valence-electron chi connectivity index (χ1n) is 7.50. The summed E-state index contributed by atoms with van der Waals surface area (Å²) in [6.07, 6.45) is 1.75. The molecular weight excluding hydrogens is 266 g/mol. The van der Waals surface area contributed by atoms with Gasteiger partial charge in [-0.15, -0.1) is 0 Å². The lowest BCUT2D eigenvalue weighted by Gasteiger charge is -2.07. The Morgan fingerprint density at radius 1 is 0.905 bits per heavy atom. The van der Waals surface area contributed by atoms with Gasteiger partial charge >= 0.3 is 0 Å². The third-order valence-electron chi connectivity index (χ3n) is 2.93. The molecule has 2 amide bonds. The van der Waals surface area contributed by atoms with Crippen molar-refractivity contribution in [2.45, 2.75) is 26.2 Å². The monoisotopic (exact) mass is 291 g/mol. The third kappa shape index (κ3) is 8.81. The average molecular weight is 291 g/mol. The van der Waals surface area contributed by atoms with E-state index in [4.69, 9.17) is 0 Å². The highest BCUT2D eigenvalue weighted by Crippen LogP contribution is 1.98. The first-order valence-corrected chi connectivity index (χ1v) is 7.50. The topological polar surface area (TPSA) is 70.2 Å². The third-order valence-corrected chi connectivity index (χ3v) is 2.93. The second kappa shape index (κ2) is 10.9. The van der Waals surface area contributed by atoms with Crippen LogP contribution in [0.2, 0.25) is 0 Å². The maximum Gasteiger partial charge on any atom is 0.224 e. The molecule has 0 unspecified atom stereocenters. The molecule has 0 radical (unpaired) electrons. The Balaban J connectivity index is 2.04. The van der Waals surface area contributed by atoms with E-state index >= 15 is 0 Å². The Kier molecular flexibility index (Phi) is 8.88. The van der Waals surface area contributed by atoms with Crippen LogP contribution in [0.1, 0.15) is 25.3 Å². The first kappa shape index (κ1) is 17.2. The summed E-state index contributed by atoms with van der Waals surface area (Å²) in [5.41, 5.74) is 0.974. The summed E-state index contributed by atoms with van der Waals surface area (Å²) in [5, 5.41) is 8.78. The normalized spacial score (nSPS) is 10.1. The maximum atomic E-state index is 11.7. The number of benzene rings is 1. The fraction of sp³-hybridized carbons (Fsp3) is 0.500. The van der Waals surface area contributed by atoms with Gasteiger partial charge in [0.15, 0.2) is 0 Å². The van der Waals surface area contributed by atoms with E-state index in [9.17, 15) is 9.59 Å². The van der Waals surface area contributed by atoms with Crippen LogP contribution in [0.4, 0.5) is 0 Å². The highest BCUT2D eigenvalue weighted by Gasteiger charge is 2.04. The predicted octanol–water partition coefficient (Wildman–Crippen LogP) is 0.851. The lowest BCUT2D eigenvalue weighted by atomic mass is 10.1. The second-order valence-electron chi connectivity index (χ2n) is 4.86. The van der Waals surface area contributed by atoms with Crippen LogP contribution < -0.4 is 16.0 Å². The fourth-order valence-corrected chi connectivity index (χ4v) is 1.84. The molecule has 0 heterocycles. The van der Waals surface area contributed by atoms with Crippen LogP contribution >= 0.6 is 0 Å². The van der Waals surface area contributed by atoms with Crippen molar-refractivity contribution in [3.8, 4) is 0 Å². The van der Waals surface area contributed by atoms with Gasteiger partial charge in [0.25, 0.3) is 0 Å². The van der Waals surface area contributed by atoms with E-state index in [0.29, 0.717) is 25.9 Å². The van der Waals surface area contributed by atoms with Crippen molar-refractivity contribution >= 4 is 11.8 Å². The lowest BCUT2D eigenvalue weighted by Crippen LogP contribution is -2.35. The summed E-state index contributed by atoms with van der Waals surface area (Å²) in [4.78, 5) is 23.2.